The molecule has 0 atom stereocenters. The topological polar surface area (TPSA) is 29.9 Å². The van der Waals surface area contributed by atoms with Crippen molar-refractivity contribution < 1.29 is 4.74 Å². The maximum absolute atomic E-state index is 5.33. The third-order valence-corrected chi connectivity index (χ3v) is 3.21. The van der Waals surface area contributed by atoms with Crippen LogP contribution in [0.5, 0.6) is 5.75 Å². The Balaban J connectivity index is 2.15. The van der Waals surface area contributed by atoms with Gasteiger partial charge in [0.25, 0.3) is 0 Å². The summed E-state index contributed by atoms with van der Waals surface area (Å²) in [5.74, 6) is 0.937. The first-order chi connectivity index (χ1) is 8.22. The predicted octanol–water partition coefficient (Wildman–Crippen LogP) is 3.11. The zero-order valence-electron chi connectivity index (χ0n) is 10.1. The zero-order chi connectivity index (χ0) is 12.3. The average molecular weight is 248 g/mol. The second-order valence-corrected chi connectivity index (χ2v) is 4.34. The van der Waals surface area contributed by atoms with E-state index < -0.39 is 0 Å². The summed E-state index contributed by atoms with van der Waals surface area (Å²) in [6.45, 7) is 2.92. The third kappa shape index (κ3) is 2.58. The first kappa shape index (κ1) is 11.9. The van der Waals surface area contributed by atoms with E-state index in [9.17, 15) is 0 Å². The van der Waals surface area contributed by atoms with Crippen molar-refractivity contribution in [2.24, 2.45) is 0 Å². The highest BCUT2D eigenvalue weighted by molar-refractivity contribution is 7.71. The van der Waals surface area contributed by atoms with Gasteiger partial charge in [-0.25, -0.2) is 0 Å². The van der Waals surface area contributed by atoms with E-state index in [-0.39, 0.29) is 0 Å². The molecule has 1 aromatic heterocycles. The number of aromatic nitrogens is 2. The molecule has 0 aliphatic carbocycles. The fourth-order valence-corrected chi connectivity index (χ4v) is 2.20. The highest BCUT2D eigenvalue weighted by Gasteiger charge is 2.04. The van der Waals surface area contributed by atoms with Crippen LogP contribution in [0, 0.1) is 11.7 Å². The molecule has 17 heavy (non-hydrogen) atoms. The Morgan fingerprint density at radius 1 is 1.35 bits per heavy atom. The van der Waals surface area contributed by atoms with E-state index in [1.807, 2.05) is 24.4 Å². The number of ether oxygens (including phenoxy) is 1. The monoisotopic (exact) mass is 248 g/mol. The van der Waals surface area contributed by atoms with Gasteiger partial charge in [-0.2, -0.15) is 0 Å². The molecule has 0 spiro atoms. The van der Waals surface area contributed by atoms with Gasteiger partial charge < -0.3 is 14.3 Å². The summed E-state index contributed by atoms with van der Waals surface area (Å²) in [6.07, 6.45) is 2.85. The molecule has 0 bridgehead atoms. The van der Waals surface area contributed by atoms with E-state index in [0.29, 0.717) is 0 Å². The maximum Gasteiger partial charge on any atom is 0.177 e. The number of hydrogen-bond acceptors (Lipinski definition) is 2. The molecule has 0 aliphatic heterocycles. The van der Waals surface area contributed by atoms with Crippen LogP contribution in [0.3, 0.4) is 0 Å². The van der Waals surface area contributed by atoms with Crippen LogP contribution in [0.15, 0.2) is 30.5 Å². The Labute approximate surface area is 106 Å². The van der Waals surface area contributed by atoms with Crippen molar-refractivity contribution in [1.29, 1.82) is 0 Å². The minimum atomic E-state index is 0.775. The summed E-state index contributed by atoms with van der Waals surface area (Å²) < 4.78 is 8.21. The quantitative estimate of drug-likeness (QED) is 0.843. The first-order valence-corrected chi connectivity index (χ1v) is 6.00. The molecule has 0 saturated heterocycles. The van der Waals surface area contributed by atoms with Crippen LogP contribution in [0.4, 0.5) is 0 Å². The number of rotatable bonds is 4. The Kier molecular flexibility index (Phi) is 3.64. The van der Waals surface area contributed by atoms with Gasteiger partial charge >= 0.3 is 0 Å². The fraction of sp³-hybridized carbons (Fsp3) is 0.308. The number of aryl methyl sites for hydroxylation is 2. The molecular weight excluding hydrogens is 232 g/mol. The van der Waals surface area contributed by atoms with Crippen LogP contribution in [0.1, 0.15) is 11.3 Å². The van der Waals surface area contributed by atoms with Gasteiger partial charge in [0.1, 0.15) is 5.75 Å². The van der Waals surface area contributed by atoms with Crippen LogP contribution in [-0.2, 0) is 13.0 Å². The number of nitrogens with zero attached hydrogens (tertiary/aromatic N) is 1. The number of nitrogens with one attached hydrogen (secondary N) is 1. The molecule has 1 N–H and O–H groups in total. The van der Waals surface area contributed by atoms with E-state index >= 15 is 0 Å². The van der Waals surface area contributed by atoms with Crippen molar-refractivity contribution in [3.63, 3.8) is 0 Å². The summed E-state index contributed by atoms with van der Waals surface area (Å²) in [4.78, 5) is 3.05. The standard InChI is InChI=1S/C13H16N2OS/c1-10-9-14-13(17)15(10)8-7-11-5-3-4-6-12(11)16-2/h3-6,9H,7-8H2,1-2H3,(H,14,17). The number of para-hydroxylation sites is 1. The van der Waals surface area contributed by atoms with Crippen molar-refractivity contribution in [2.45, 2.75) is 19.9 Å². The first-order valence-electron chi connectivity index (χ1n) is 5.59. The molecule has 2 aromatic rings. The summed E-state index contributed by atoms with van der Waals surface area (Å²) in [7, 11) is 1.70. The minimum absolute atomic E-state index is 0.775. The van der Waals surface area contributed by atoms with Crippen molar-refractivity contribution >= 4 is 12.2 Å². The van der Waals surface area contributed by atoms with Gasteiger partial charge in [-0.3, -0.25) is 0 Å². The lowest BCUT2D eigenvalue weighted by Crippen LogP contribution is -2.04. The molecule has 1 heterocycles. The highest BCUT2D eigenvalue weighted by atomic mass is 32.1. The highest BCUT2D eigenvalue weighted by Crippen LogP contribution is 2.18. The molecule has 1 aromatic carbocycles. The van der Waals surface area contributed by atoms with E-state index in [0.717, 1.165) is 29.2 Å². The van der Waals surface area contributed by atoms with Crippen LogP contribution in [-0.4, -0.2) is 16.7 Å². The van der Waals surface area contributed by atoms with E-state index in [2.05, 4.69) is 22.5 Å². The summed E-state index contributed by atoms with van der Waals surface area (Å²) in [6, 6.07) is 8.08. The Hall–Kier alpha value is -1.55. The summed E-state index contributed by atoms with van der Waals surface area (Å²) in [5, 5.41) is 0. The largest absolute Gasteiger partial charge is 0.496 e. The normalized spacial score (nSPS) is 10.5. The number of imidazole rings is 1. The lowest BCUT2D eigenvalue weighted by atomic mass is 10.1. The van der Waals surface area contributed by atoms with Crippen molar-refractivity contribution in [3.8, 4) is 5.75 Å². The smallest absolute Gasteiger partial charge is 0.177 e. The molecular formula is C13H16N2OS. The number of hydrogen-bond donors (Lipinski definition) is 1. The SMILES string of the molecule is COc1ccccc1CCn1c(C)c[nH]c1=S. The molecule has 0 fully saturated rings. The number of aromatic amines is 1. The number of H-pyrrole nitrogens is 1. The molecule has 0 aliphatic rings. The maximum atomic E-state index is 5.33. The van der Waals surface area contributed by atoms with Crippen molar-refractivity contribution in [3.05, 3.63) is 46.5 Å². The fourth-order valence-electron chi connectivity index (χ4n) is 1.90. The molecule has 2 rings (SSSR count). The van der Waals surface area contributed by atoms with Gasteiger partial charge in [-0.15, -0.1) is 0 Å². The lowest BCUT2D eigenvalue weighted by molar-refractivity contribution is 0.408. The van der Waals surface area contributed by atoms with Crippen LogP contribution < -0.4 is 4.74 Å². The van der Waals surface area contributed by atoms with Crippen LogP contribution in [0.2, 0.25) is 0 Å². The Morgan fingerprint density at radius 2 is 2.12 bits per heavy atom. The molecule has 0 amide bonds. The van der Waals surface area contributed by atoms with Crippen LogP contribution >= 0.6 is 12.2 Å². The molecule has 4 heteroatoms. The van der Waals surface area contributed by atoms with Crippen molar-refractivity contribution in [2.75, 3.05) is 7.11 Å². The van der Waals surface area contributed by atoms with E-state index in [1.54, 1.807) is 7.11 Å². The van der Waals surface area contributed by atoms with E-state index in [4.69, 9.17) is 17.0 Å². The predicted molar refractivity (Wildman–Crippen MR) is 71.1 cm³/mol. The average Bonchev–Trinajstić information content (AvgIpc) is 2.67. The van der Waals surface area contributed by atoms with Crippen molar-refractivity contribution in [1.82, 2.24) is 9.55 Å². The number of methoxy groups -OCH3 is 1. The molecule has 0 radical (unpaired) electrons. The van der Waals surface area contributed by atoms with Gasteiger partial charge in [0.15, 0.2) is 4.77 Å². The molecule has 0 unspecified atom stereocenters. The Morgan fingerprint density at radius 3 is 2.76 bits per heavy atom. The minimum Gasteiger partial charge on any atom is -0.496 e. The van der Waals surface area contributed by atoms with Gasteiger partial charge in [0, 0.05) is 18.4 Å². The second kappa shape index (κ2) is 5.19. The van der Waals surface area contributed by atoms with Gasteiger partial charge in [0.05, 0.1) is 7.11 Å². The third-order valence-electron chi connectivity index (χ3n) is 2.87. The van der Waals surface area contributed by atoms with Gasteiger partial charge in [-0.1, -0.05) is 18.2 Å². The molecule has 0 saturated carbocycles. The number of benzene rings is 1. The van der Waals surface area contributed by atoms with Gasteiger partial charge in [-0.05, 0) is 37.2 Å². The van der Waals surface area contributed by atoms with Crippen LogP contribution in [0.25, 0.3) is 0 Å². The molecule has 3 nitrogen and oxygen atoms in total. The Bertz CT molecular complexity index is 557. The molecule has 90 valence electrons. The lowest BCUT2D eigenvalue weighted by Gasteiger charge is -2.09. The second-order valence-electron chi connectivity index (χ2n) is 3.95. The van der Waals surface area contributed by atoms with Gasteiger partial charge in [0.2, 0.25) is 0 Å². The zero-order valence-corrected chi connectivity index (χ0v) is 10.9. The summed E-state index contributed by atoms with van der Waals surface area (Å²) >= 11 is 5.23. The van der Waals surface area contributed by atoms with E-state index in [1.165, 1.54) is 5.56 Å². The summed E-state index contributed by atoms with van der Waals surface area (Å²) in [5.41, 5.74) is 2.36.